The average molecular weight is 341 g/mol. The lowest BCUT2D eigenvalue weighted by Gasteiger charge is -2.21. The predicted molar refractivity (Wildman–Crippen MR) is 82.0 cm³/mol. The summed E-state index contributed by atoms with van der Waals surface area (Å²) in [5, 5.41) is 9.05. The van der Waals surface area contributed by atoms with E-state index in [1.165, 1.54) is 29.2 Å². The van der Waals surface area contributed by atoms with E-state index < -0.39 is 21.8 Å². The van der Waals surface area contributed by atoms with E-state index in [0.29, 0.717) is 25.1 Å². The quantitative estimate of drug-likeness (QED) is 0.826. The molecule has 1 aromatic carbocycles. The Hall–Kier alpha value is -2.09. The van der Waals surface area contributed by atoms with Gasteiger partial charge in [0.1, 0.15) is 11.8 Å². The van der Waals surface area contributed by atoms with Crippen LogP contribution in [0.5, 0.6) is 5.75 Å². The standard InChI is InChI=1S/C15H19NO6S/c1-23(20,21)12-6-4-11(5-7-12)22-10-8-14(17)16-9-2-3-13(16)15(18)19/h4-7,13H,2-3,8-10H2,1H3,(H,18,19). The number of benzene rings is 1. The van der Waals surface area contributed by atoms with Gasteiger partial charge >= 0.3 is 5.97 Å². The van der Waals surface area contributed by atoms with Crippen LogP contribution in [0.2, 0.25) is 0 Å². The first-order valence-electron chi connectivity index (χ1n) is 7.24. The first-order valence-corrected chi connectivity index (χ1v) is 9.13. The fourth-order valence-corrected chi connectivity index (χ4v) is 3.14. The molecule has 0 aliphatic carbocycles. The maximum absolute atomic E-state index is 12.0. The van der Waals surface area contributed by atoms with Gasteiger partial charge in [0, 0.05) is 12.8 Å². The van der Waals surface area contributed by atoms with E-state index in [9.17, 15) is 18.0 Å². The van der Waals surface area contributed by atoms with Crippen molar-refractivity contribution in [1.82, 2.24) is 4.90 Å². The third kappa shape index (κ3) is 4.44. The summed E-state index contributed by atoms with van der Waals surface area (Å²) in [5.41, 5.74) is 0. The number of hydrogen-bond donors (Lipinski definition) is 1. The summed E-state index contributed by atoms with van der Waals surface area (Å²) in [6.07, 6.45) is 2.37. The molecule has 1 saturated heterocycles. The second kappa shape index (κ2) is 6.99. The summed E-state index contributed by atoms with van der Waals surface area (Å²) in [6.45, 7) is 0.568. The topological polar surface area (TPSA) is 101 Å². The molecule has 0 radical (unpaired) electrons. The largest absolute Gasteiger partial charge is 0.493 e. The van der Waals surface area contributed by atoms with Crippen LogP contribution in [0, 0.1) is 0 Å². The normalized spacial score (nSPS) is 18.0. The maximum atomic E-state index is 12.0. The molecule has 1 amide bonds. The van der Waals surface area contributed by atoms with Gasteiger partial charge in [-0.2, -0.15) is 0 Å². The number of aliphatic carboxylic acids is 1. The zero-order valence-corrected chi connectivity index (χ0v) is 13.6. The van der Waals surface area contributed by atoms with E-state index in [1.54, 1.807) is 0 Å². The van der Waals surface area contributed by atoms with Crippen LogP contribution in [0.3, 0.4) is 0 Å². The summed E-state index contributed by atoms with van der Waals surface area (Å²) in [5.74, 6) is -0.766. The zero-order chi connectivity index (χ0) is 17.0. The van der Waals surface area contributed by atoms with E-state index in [0.717, 1.165) is 6.26 Å². The van der Waals surface area contributed by atoms with Crippen molar-refractivity contribution >= 4 is 21.7 Å². The van der Waals surface area contributed by atoms with Gasteiger partial charge in [-0.15, -0.1) is 0 Å². The van der Waals surface area contributed by atoms with Crippen LogP contribution >= 0.6 is 0 Å². The fraction of sp³-hybridized carbons (Fsp3) is 0.467. The number of rotatable bonds is 6. The lowest BCUT2D eigenvalue weighted by molar-refractivity contribution is -0.148. The molecular formula is C15H19NO6S. The number of likely N-dealkylation sites (tertiary alicyclic amines) is 1. The van der Waals surface area contributed by atoms with Crippen molar-refractivity contribution in [3.8, 4) is 5.75 Å². The molecule has 1 heterocycles. The third-order valence-electron chi connectivity index (χ3n) is 3.69. The molecule has 0 aromatic heterocycles. The second-order valence-corrected chi connectivity index (χ2v) is 7.44. The highest BCUT2D eigenvalue weighted by atomic mass is 32.2. The van der Waals surface area contributed by atoms with Gasteiger partial charge in [-0.05, 0) is 37.1 Å². The molecular weight excluding hydrogens is 322 g/mol. The Morgan fingerprint density at radius 1 is 1.30 bits per heavy atom. The van der Waals surface area contributed by atoms with Crippen LogP contribution in [-0.2, 0) is 19.4 Å². The third-order valence-corrected chi connectivity index (χ3v) is 4.82. The molecule has 23 heavy (non-hydrogen) atoms. The number of carboxylic acid groups (broad SMARTS) is 1. The SMILES string of the molecule is CS(=O)(=O)c1ccc(OCCC(=O)N2CCCC2C(=O)O)cc1. The summed E-state index contributed by atoms with van der Waals surface area (Å²) in [6, 6.07) is 5.19. The average Bonchev–Trinajstić information content (AvgIpc) is 2.96. The smallest absolute Gasteiger partial charge is 0.326 e. The number of carbonyl (C=O) groups is 2. The minimum Gasteiger partial charge on any atom is -0.493 e. The molecule has 7 nitrogen and oxygen atoms in total. The van der Waals surface area contributed by atoms with Crippen LogP contribution < -0.4 is 4.74 Å². The first kappa shape index (κ1) is 17.3. The Morgan fingerprint density at radius 3 is 2.52 bits per heavy atom. The molecule has 1 aliphatic rings. The Kier molecular flexibility index (Phi) is 5.25. The monoisotopic (exact) mass is 341 g/mol. The predicted octanol–water partition coefficient (Wildman–Crippen LogP) is 0.935. The van der Waals surface area contributed by atoms with Gasteiger partial charge in [0.05, 0.1) is 17.9 Å². The maximum Gasteiger partial charge on any atom is 0.326 e. The summed E-state index contributed by atoms with van der Waals surface area (Å²) in [7, 11) is -3.25. The van der Waals surface area contributed by atoms with E-state index >= 15 is 0 Å². The minimum atomic E-state index is -3.25. The Balaban J connectivity index is 1.85. The Morgan fingerprint density at radius 2 is 1.96 bits per heavy atom. The molecule has 0 saturated carbocycles. The number of carboxylic acids is 1. The molecule has 1 atom stereocenters. The Bertz CT molecular complexity index is 682. The van der Waals surface area contributed by atoms with Gasteiger partial charge < -0.3 is 14.7 Å². The van der Waals surface area contributed by atoms with E-state index in [2.05, 4.69) is 0 Å². The lowest BCUT2D eigenvalue weighted by atomic mass is 10.2. The van der Waals surface area contributed by atoms with E-state index in [4.69, 9.17) is 9.84 Å². The molecule has 1 unspecified atom stereocenters. The van der Waals surface area contributed by atoms with Gasteiger partial charge in [0.15, 0.2) is 9.84 Å². The summed E-state index contributed by atoms with van der Waals surface area (Å²) < 4.78 is 28.1. The highest BCUT2D eigenvalue weighted by Crippen LogP contribution is 2.19. The van der Waals surface area contributed by atoms with Crippen LogP contribution in [0.4, 0.5) is 0 Å². The summed E-state index contributed by atoms with van der Waals surface area (Å²) >= 11 is 0. The van der Waals surface area contributed by atoms with E-state index in [-0.39, 0.29) is 23.8 Å². The highest BCUT2D eigenvalue weighted by molar-refractivity contribution is 7.90. The van der Waals surface area contributed by atoms with Crippen LogP contribution in [-0.4, -0.2) is 55.7 Å². The van der Waals surface area contributed by atoms with Crippen molar-refractivity contribution in [2.45, 2.75) is 30.2 Å². The molecule has 2 rings (SSSR count). The van der Waals surface area contributed by atoms with Gasteiger partial charge in [-0.1, -0.05) is 0 Å². The summed E-state index contributed by atoms with van der Waals surface area (Å²) in [4.78, 5) is 24.7. The van der Waals surface area contributed by atoms with Gasteiger partial charge in [-0.25, -0.2) is 13.2 Å². The minimum absolute atomic E-state index is 0.0810. The number of carbonyl (C=O) groups excluding carboxylic acids is 1. The molecule has 0 bridgehead atoms. The number of amides is 1. The molecule has 1 N–H and O–H groups in total. The number of ether oxygens (including phenoxy) is 1. The molecule has 126 valence electrons. The van der Waals surface area contributed by atoms with Crippen molar-refractivity contribution in [3.63, 3.8) is 0 Å². The molecule has 8 heteroatoms. The lowest BCUT2D eigenvalue weighted by Crippen LogP contribution is -2.40. The van der Waals surface area contributed by atoms with Crippen molar-refractivity contribution in [3.05, 3.63) is 24.3 Å². The molecule has 1 aromatic rings. The molecule has 0 spiro atoms. The number of sulfone groups is 1. The van der Waals surface area contributed by atoms with Crippen molar-refractivity contribution < 1.29 is 27.9 Å². The van der Waals surface area contributed by atoms with Gasteiger partial charge in [0.25, 0.3) is 0 Å². The Labute approximate surface area is 134 Å². The van der Waals surface area contributed by atoms with Crippen LogP contribution in [0.15, 0.2) is 29.2 Å². The van der Waals surface area contributed by atoms with Crippen LogP contribution in [0.25, 0.3) is 0 Å². The van der Waals surface area contributed by atoms with Crippen molar-refractivity contribution in [2.24, 2.45) is 0 Å². The van der Waals surface area contributed by atoms with Gasteiger partial charge in [-0.3, -0.25) is 4.79 Å². The molecule has 1 aliphatic heterocycles. The van der Waals surface area contributed by atoms with Crippen molar-refractivity contribution in [2.75, 3.05) is 19.4 Å². The van der Waals surface area contributed by atoms with E-state index in [1.807, 2.05) is 0 Å². The number of nitrogens with zero attached hydrogens (tertiary/aromatic N) is 1. The highest BCUT2D eigenvalue weighted by Gasteiger charge is 2.33. The molecule has 1 fully saturated rings. The van der Waals surface area contributed by atoms with Gasteiger partial charge in [0.2, 0.25) is 5.91 Å². The first-order chi connectivity index (χ1) is 10.8. The fourth-order valence-electron chi connectivity index (χ4n) is 2.50. The van der Waals surface area contributed by atoms with Crippen LogP contribution in [0.1, 0.15) is 19.3 Å². The zero-order valence-electron chi connectivity index (χ0n) is 12.8. The van der Waals surface area contributed by atoms with Crippen molar-refractivity contribution in [1.29, 1.82) is 0 Å². The number of hydrogen-bond acceptors (Lipinski definition) is 5. The second-order valence-electron chi connectivity index (χ2n) is 5.43.